The number of nitrogens with zero attached hydrogens (tertiary/aromatic N) is 2. The van der Waals surface area contributed by atoms with E-state index in [2.05, 4.69) is 10.3 Å². The Hall–Kier alpha value is -3.79. The van der Waals surface area contributed by atoms with E-state index in [9.17, 15) is 15.2 Å². The summed E-state index contributed by atoms with van der Waals surface area (Å²) in [6.45, 7) is 0.302. The van der Waals surface area contributed by atoms with Crippen molar-refractivity contribution in [3.8, 4) is 23.3 Å². The van der Waals surface area contributed by atoms with Crippen LogP contribution >= 0.6 is 0 Å². The van der Waals surface area contributed by atoms with Gasteiger partial charge in [0.25, 0.3) is 5.91 Å². The maximum Gasteiger partial charge on any atom is 0.262 e. The predicted molar refractivity (Wildman–Crippen MR) is 100 cm³/mol. The number of benzene rings is 1. The third kappa shape index (κ3) is 5.34. The molecule has 0 unspecified atom stereocenters. The molecule has 1 aromatic carbocycles. The Morgan fingerprint density at radius 3 is 2.44 bits per heavy atom. The number of carbonyl (C=O) groups excluding carboxylic acids is 1. The van der Waals surface area contributed by atoms with E-state index in [-0.39, 0.29) is 22.8 Å². The Balaban J connectivity index is 2.09. The van der Waals surface area contributed by atoms with Gasteiger partial charge >= 0.3 is 0 Å². The summed E-state index contributed by atoms with van der Waals surface area (Å²) in [5.74, 6) is -0.0529. The molecule has 0 spiro atoms. The van der Waals surface area contributed by atoms with Crippen molar-refractivity contribution in [3.05, 3.63) is 65.5 Å². The largest absolute Gasteiger partial charge is 0.502 e. The highest BCUT2D eigenvalue weighted by Crippen LogP contribution is 2.37. The molecule has 0 radical (unpaired) electrons. The lowest BCUT2D eigenvalue weighted by Crippen LogP contribution is -2.23. The van der Waals surface area contributed by atoms with Gasteiger partial charge in [0.05, 0.1) is 14.2 Å². The number of nitrogens with one attached hydrogen (secondary N) is 1. The lowest BCUT2D eigenvalue weighted by molar-refractivity contribution is -0.117. The van der Waals surface area contributed by atoms with Gasteiger partial charge in [0.1, 0.15) is 11.6 Å². The zero-order valence-electron chi connectivity index (χ0n) is 15.0. The average Bonchev–Trinajstić information content (AvgIpc) is 2.71. The molecule has 2 aromatic rings. The molecular formula is C20H19N3O4. The van der Waals surface area contributed by atoms with Crippen molar-refractivity contribution in [1.29, 1.82) is 5.26 Å². The van der Waals surface area contributed by atoms with Gasteiger partial charge < -0.3 is 19.9 Å². The summed E-state index contributed by atoms with van der Waals surface area (Å²) < 4.78 is 10.2. The number of hydrogen-bond acceptors (Lipinski definition) is 6. The van der Waals surface area contributed by atoms with Crippen molar-refractivity contribution in [2.75, 3.05) is 14.2 Å². The fourth-order valence-corrected chi connectivity index (χ4v) is 2.21. The Morgan fingerprint density at radius 1 is 1.26 bits per heavy atom. The third-order valence-electron chi connectivity index (χ3n) is 3.62. The van der Waals surface area contributed by atoms with Crippen LogP contribution in [0.15, 0.2) is 54.4 Å². The van der Waals surface area contributed by atoms with Gasteiger partial charge in [-0.15, -0.1) is 0 Å². The van der Waals surface area contributed by atoms with Crippen LogP contribution in [0, 0.1) is 11.3 Å². The van der Waals surface area contributed by atoms with E-state index in [4.69, 9.17) is 9.47 Å². The molecule has 2 N–H and O–H groups in total. The van der Waals surface area contributed by atoms with Crippen molar-refractivity contribution in [2.24, 2.45) is 0 Å². The van der Waals surface area contributed by atoms with Gasteiger partial charge in [-0.1, -0.05) is 12.2 Å². The molecule has 0 atom stereocenters. The number of nitriles is 1. The van der Waals surface area contributed by atoms with Crippen molar-refractivity contribution in [1.82, 2.24) is 10.3 Å². The molecule has 1 amide bonds. The van der Waals surface area contributed by atoms with E-state index < -0.39 is 5.91 Å². The van der Waals surface area contributed by atoms with Gasteiger partial charge in [-0.05, 0) is 41.5 Å². The summed E-state index contributed by atoms with van der Waals surface area (Å²) in [6.07, 6.45) is 7.90. The van der Waals surface area contributed by atoms with E-state index in [0.29, 0.717) is 12.1 Å². The number of ether oxygens (including phenoxy) is 2. The van der Waals surface area contributed by atoms with Gasteiger partial charge in [0, 0.05) is 18.9 Å². The normalized spacial score (nSPS) is 11.1. The minimum absolute atomic E-state index is 0.0296. The quantitative estimate of drug-likeness (QED) is 0.444. The number of aromatic hydroxyl groups is 1. The van der Waals surface area contributed by atoms with Crippen LogP contribution in [0.3, 0.4) is 0 Å². The van der Waals surface area contributed by atoms with Crippen LogP contribution in [0.1, 0.15) is 11.1 Å². The number of amides is 1. The second-order valence-corrected chi connectivity index (χ2v) is 5.36. The third-order valence-corrected chi connectivity index (χ3v) is 3.62. The van der Waals surface area contributed by atoms with Gasteiger partial charge in [-0.25, -0.2) is 0 Å². The number of methoxy groups -OCH3 is 2. The van der Waals surface area contributed by atoms with E-state index in [1.807, 2.05) is 6.07 Å². The number of phenols is 1. The van der Waals surface area contributed by atoms with Crippen LogP contribution in [0.5, 0.6) is 17.2 Å². The number of aromatic nitrogens is 1. The second kappa shape index (κ2) is 9.63. The van der Waals surface area contributed by atoms with E-state index in [1.54, 1.807) is 48.8 Å². The number of rotatable bonds is 7. The molecule has 0 aliphatic carbocycles. The Morgan fingerprint density at radius 2 is 1.89 bits per heavy atom. The number of allylic oxidation sites excluding steroid dienone is 2. The molecule has 1 aromatic heterocycles. The molecule has 0 saturated carbocycles. The Bertz CT molecular complexity index is 874. The SMILES string of the molecule is COc1cc(/C=C/C=C(\C#N)C(=O)NCc2ccncc2)cc(OC)c1O. The second-order valence-electron chi connectivity index (χ2n) is 5.36. The molecule has 138 valence electrons. The van der Waals surface area contributed by atoms with Crippen LogP contribution in [0.4, 0.5) is 0 Å². The molecule has 0 bridgehead atoms. The van der Waals surface area contributed by atoms with Crippen molar-refractivity contribution in [3.63, 3.8) is 0 Å². The fourth-order valence-electron chi connectivity index (χ4n) is 2.21. The highest BCUT2D eigenvalue weighted by molar-refractivity contribution is 5.97. The van der Waals surface area contributed by atoms with Crippen LogP contribution in [-0.2, 0) is 11.3 Å². The maximum atomic E-state index is 12.1. The molecule has 2 rings (SSSR count). The number of hydrogen-bond donors (Lipinski definition) is 2. The molecule has 27 heavy (non-hydrogen) atoms. The van der Waals surface area contributed by atoms with Gasteiger partial charge in [0.2, 0.25) is 5.75 Å². The van der Waals surface area contributed by atoms with E-state index in [1.165, 1.54) is 20.3 Å². The van der Waals surface area contributed by atoms with Crippen LogP contribution in [0.2, 0.25) is 0 Å². The molecule has 0 saturated heterocycles. The van der Waals surface area contributed by atoms with E-state index in [0.717, 1.165) is 5.56 Å². The predicted octanol–water partition coefficient (Wildman–Crippen LogP) is 2.58. The van der Waals surface area contributed by atoms with Gasteiger partial charge in [0.15, 0.2) is 11.5 Å². The average molecular weight is 365 g/mol. The molecule has 7 heteroatoms. The van der Waals surface area contributed by atoms with Crippen LogP contribution in [0.25, 0.3) is 6.08 Å². The zero-order valence-corrected chi connectivity index (χ0v) is 15.0. The lowest BCUT2D eigenvalue weighted by atomic mass is 10.1. The van der Waals surface area contributed by atoms with Crippen molar-refractivity contribution in [2.45, 2.75) is 6.54 Å². The van der Waals surface area contributed by atoms with Crippen LogP contribution < -0.4 is 14.8 Å². The number of pyridine rings is 1. The highest BCUT2D eigenvalue weighted by Gasteiger charge is 2.10. The monoisotopic (exact) mass is 365 g/mol. The van der Waals surface area contributed by atoms with Crippen molar-refractivity contribution < 1.29 is 19.4 Å². The first kappa shape index (κ1) is 19.5. The van der Waals surface area contributed by atoms with Crippen LogP contribution in [-0.4, -0.2) is 30.2 Å². The maximum absolute atomic E-state index is 12.1. The molecule has 1 heterocycles. The molecule has 0 aliphatic heterocycles. The standard InChI is InChI=1S/C20H19N3O4/c1-26-17-10-15(11-18(27-2)19(17)24)4-3-5-16(12-21)20(25)23-13-14-6-8-22-9-7-14/h3-11,24H,13H2,1-2H3,(H,23,25)/b4-3+,16-5+. The molecule has 0 fully saturated rings. The smallest absolute Gasteiger partial charge is 0.262 e. The highest BCUT2D eigenvalue weighted by atomic mass is 16.5. The summed E-state index contributed by atoms with van der Waals surface area (Å²) in [4.78, 5) is 16.0. The molecule has 0 aliphatic rings. The van der Waals surface area contributed by atoms with Gasteiger partial charge in [-0.2, -0.15) is 5.26 Å². The minimum Gasteiger partial charge on any atom is -0.502 e. The summed E-state index contributed by atoms with van der Waals surface area (Å²) in [7, 11) is 2.87. The molecular weight excluding hydrogens is 346 g/mol. The van der Waals surface area contributed by atoms with E-state index >= 15 is 0 Å². The Kier molecular flexibility index (Phi) is 6.97. The first-order valence-electron chi connectivity index (χ1n) is 7.99. The summed E-state index contributed by atoms with van der Waals surface area (Å²) in [5.41, 5.74) is 1.53. The first-order chi connectivity index (χ1) is 13.1. The zero-order chi connectivity index (χ0) is 19.6. The lowest BCUT2D eigenvalue weighted by Gasteiger charge is -2.09. The summed E-state index contributed by atoms with van der Waals surface area (Å²) >= 11 is 0. The molecule has 7 nitrogen and oxygen atoms in total. The van der Waals surface area contributed by atoms with Gasteiger partial charge in [-0.3, -0.25) is 9.78 Å². The Labute approximate surface area is 157 Å². The number of phenolic OH excluding ortho intramolecular Hbond substituents is 1. The first-order valence-corrected chi connectivity index (χ1v) is 7.99. The topological polar surface area (TPSA) is 104 Å². The van der Waals surface area contributed by atoms with Crippen molar-refractivity contribution >= 4 is 12.0 Å². The summed E-state index contributed by atoms with van der Waals surface area (Å²) in [6, 6.07) is 8.65. The minimum atomic E-state index is -0.472. The fraction of sp³-hybridized carbons (Fsp3) is 0.150. The summed E-state index contributed by atoms with van der Waals surface area (Å²) in [5, 5.41) is 21.8. The number of carbonyl (C=O) groups is 1.